The minimum atomic E-state index is -4.47. The maximum Gasteiger partial charge on any atom is 0.416 e. The largest absolute Gasteiger partial charge is 0.416 e. The zero-order valence-corrected chi connectivity index (χ0v) is 18.0. The van der Waals surface area contributed by atoms with Gasteiger partial charge in [0.05, 0.1) is 28.7 Å². The average molecular weight is 461 g/mol. The van der Waals surface area contributed by atoms with Gasteiger partial charge in [0.15, 0.2) is 5.82 Å². The summed E-state index contributed by atoms with van der Waals surface area (Å²) in [5, 5.41) is 10.6. The third kappa shape index (κ3) is 4.76. The van der Waals surface area contributed by atoms with Crippen molar-refractivity contribution in [3.63, 3.8) is 0 Å². The van der Waals surface area contributed by atoms with E-state index in [1.807, 2.05) is 0 Å². The van der Waals surface area contributed by atoms with Gasteiger partial charge >= 0.3 is 6.18 Å². The Morgan fingerprint density at radius 1 is 1.15 bits per heavy atom. The number of aryl methyl sites for hydroxylation is 1. The van der Waals surface area contributed by atoms with E-state index in [2.05, 4.69) is 15.6 Å². The van der Waals surface area contributed by atoms with Crippen molar-refractivity contribution in [1.29, 1.82) is 0 Å². The second kappa shape index (κ2) is 8.72. The molecular weight excluding hydrogens is 439 g/mol. The average Bonchev–Trinajstić information content (AvgIpc) is 3.37. The van der Waals surface area contributed by atoms with Gasteiger partial charge in [0.2, 0.25) is 5.91 Å². The van der Waals surface area contributed by atoms with Crippen LogP contribution >= 0.6 is 0 Å². The van der Waals surface area contributed by atoms with Gasteiger partial charge < -0.3 is 14.7 Å². The summed E-state index contributed by atoms with van der Waals surface area (Å²) >= 11 is 0. The number of halogens is 3. The van der Waals surface area contributed by atoms with E-state index >= 15 is 0 Å². The molecule has 3 aromatic rings. The summed E-state index contributed by atoms with van der Waals surface area (Å²) in [5.74, 6) is 0.237. The highest BCUT2D eigenvalue weighted by Gasteiger charge is 2.32. The highest BCUT2D eigenvalue weighted by Crippen LogP contribution is 2.31. The van der Waals surface area contributed by atoms with Gasteiger partial charge in [-0.2, -0.15) is 18.3 Å². The zero-order valence-electron chi connectivity index (χ0n) is 18.0. The molecule has 0 aliphatic carbocycles. The highest BCUT2D eigenvalue weighted by atomic mass is 19.4. The zero-order chi connectivity index (χ0) is 23.8. The number of hydrogen-bond donors (Lipinski definition) is 1. The monoisotopic (exact) mass is 461 g/mol. The van der Waals surface area contributed by atoms with Crippen LogP contribution in [0.2, 0.25) is 0 Å². The molecule has 174 valence electrons. The Morgan fingerprint density at radius 3 is 2.52 bits per heavy atom. The van der Waals surface area contributed by atoms with Crippen LogP contribution in [0.4, 0.5) is 19.0 Å². The molecule has 2 amide bonds. The topological polar surface area (TPSA) is 93.3 Å². The summed E-state index contributed by atoms with van der Waals surface area (Å²) in [6, 6.07) is 6.41. The number of benzene rings is 1. The molecule has 1 fully saturated rings. The molecule has 0 radical (unpaired) electrons. The fourth-order valence-electron chi connectivity index (χ4n) is 3.86. The number of carbonyl (C=O) groups is 2. The summed E-state index contributed by atoms with van der Waals surface area (Å²) in [5.41, 5.74) is 0.192. The van der Waals surface area contributed by atoms with Crippen molar-refractivity contribution in [2.45, 2.75) is 32.9 Å². The Labute approximate surface area is 187 Å². The first-order valence-corrected chi connectivity index (χ1v) is 10.4. The van der Waals surface area contributed by atoms with Crippen LogP contribution < -0.4 is 5.32 Å². The molecule has 2 aromatic heterocycles. The number of carbonyl (C=O) groups excluding carboxylic acids is 2. The van der Waals surface area contributed by atoms with E-state index in [0.29, 0.717) is 48.8 Å². The molecule has 0 unspecified atom stereocenters. The van der Waals surface area contributed by atoms with E-state index < -0.39 is 11.7 Å². The van der Waals surface area contributed by atoms with Gasteiger partial charge in [-0.15, -0.1) is 0 Å². The molecule has 0 saturated carbocycles. The van der Waals surface area contributed by atoms with Crippen LogP contribution in [0.5, 0.6) is 0 Å². The molecule has 1 aromatic carbocycles. The number of rotatable bonds is 4. The van der Waals surface area contributed by atoms with E-state index in [1.54, 1.807) is 24.8 Å². The molecule has 4 rings (SSSR count). The number of likely N-dealkylation sites (tertiary alicyclic amines) is 1. The molecule has 1 aliphatic rings. The standard InChI is InChI=1S/C22H22F3N5O3/c1-13-10-19(28-33-13)27-20(31)15-6-8-29(9-7-15)21(32)18-12-26-30(14(18)2)17-5-3-4-16(11-17)22(23,24)25/h3-5,10-12,15H,6-9H2,1-2H3,(H,27,28,31). The highest BCUT2D eigenvalue weighted by molar-refractivity contribution is 5.96. The van der Waals surface area contributed by atoms with Gasteiger partial charge in [0, 0.05) is 25.1 Å². The number of amides is 2. The first-order chi connectivity index (χ1) is 15.6. The third-order valence-corrected chi connectivity index (χ3v) is 5.69. The Bertz CT molecular complexity index is 1180. The Balaban J connectivity index is 1.42. The van der Waals surface area contributed by atoms with Gasteiger partial charge in [-0.05, 0) is 44.9 Å². The lowest BCUT2D eigenvalue weighted by Crippen LogP contribution is -2.41. The number of piperidine rings is 1. The van der Waals surface area contributed by atoms with E-state index in [0.717, 1.165) is 12.1 Å². The van der Waals surface area contributed by atoms with Crippen LogP contribution in [0.25, 0.3) is 5.69 Å². The molecule has 11 heteroatoms. The molecule has 33 heavy (non-hydrogen) atoms. The van der Waals surface area contributed by atoms with Crippen LogP contribution in [0.1, 0.15) is 40.2 Å². The second-order valence-corrected chi connectivity index (χ2v) is 7.98. The van der Waals surface area contributed by atoms with Crippen molar-refractivity contribution >= 4 is 17.6 Å². The molecule has 8 nitrogen and oxygen atoms in total. The fraction of sp³-hybridized carbons (Fsp3) is 0.364. The molecule has 0 spiro atoms. The van der Waals surface area contributed by atoms with Crippen molar-refractivity contribution in [1.82, 2.24) is 19.8 Å². The number of aromatic nitrogens is 3. The minimum absolute atomic E-state index is 0.177. The lowest BCUT2D eigenvalue weighted by Gasteiger charge is -2.31. The minimum Gasteiger partial charge on any atom is -0.360 e. The van der Waals surface area contributed by atoms with Crippen LogP contribution in [-0.4, -0.2) is 44.7 Å². The first-order valence-electron chi connectivity index (χ1n) is 10.4. The number of hydrogen-bond acceptors (Lipinski definition) is 5. The van der Waals surface area contributed by atoms with Gasteiger partial charge in [-0.3, -0.25) is 9.59 Å². The molecule has 0 atom stereocenters. The normalized spacial score (nSPS) is 15.0. The quantitative estimate of drug-likeness (QED) is 0.634. The van der Waals surface area contributed by atoms with Crippen molar-refractivity contribution in [3.8, 4) is 5.69 Å². The fourth-order valence-corrected chi connectivity index (χ4v) is 3.86. The number of nitrogens with one attached hydrogen (secondary N) is 1. The molecule has 1 saturated heterocycles. The Kier molecular flexibility index (Phi) is 5.96. The van der Waals surface area contributed by atoms with Crippen LogP contribution in [0.3, 0.4) is 0 Å². The SMILES string of the molecule is Cc1cc(NC(=O)C2CCN(C(=O)c3cnn(-c4cccc(C(F)(F)F)c4)c3C)CC2)no1. The summed E-state index contributed by atoms with van der Waals surface area (Å²) in [6.45, 7) is 4.12. The van der Waals surface area contributed by atoms with Crippen molar-refractivity contribution in [2.75, 3.05) is 18.4 Å². The van der Waals surface area contributed by atoms with Crippen LogP contribution in [0.15, 0.2) is 41.1 Å². The Morgan fingerprint density at radius 2 is 1.88 bits per heavy atom. The van der Waals surface area contributed by atoms with E-state index in [-0.39, 0.29) is 23.4 Å². The Hall–Kier alpha value is -3.63. The second-order valence-electron chi connectivity index (χ2n) is 7.98. The maximum atomic E-state index is 13.0. The molecule has 1 N–H and O–H groups in total. The van der Waals surface area contributed by atoms with Gasteiger partial charge in [0.25, 0.3) is 5.91 Å². The lowest BCUT2D eigenvalue weighted by molar-refractivity contribution is -0.137. The van der Waals surface area contributed by atoms with E-state index in [4.69, 9.17) is 4.52 Å². The molecular formula is C22H22F3N5O3. The summed E-state index contributed by atoms with van der Waals surface area (Å²) in [4.78, 5) is 27.1. The van der Waals surface area contributed by atoms with Crippen LogP contribution in [0, 0.1) is 19.8 Å². The number of nitrogens with zero attached hydrogens (tertiary/aromatic N) is 4. The van der Waals surface area contributed by atoms with E-state index in [9.17, 15) is 22.8 Å². The smallest absolute Gasteiger partial charge is 0.360 e. The number of alkyl halides is 3. The van der Waals surface area contributed by atoms with Gasteiger partial charge in [-0.1, -0.05) is 11.2 Å². The number of anilines is 1. The van der Waals surface area contributed by atoms with Crippen molar-refractivity contribution in [2.24, 2.45) is 5.92 Å². The van der Waals surface area contributed by atoms with E-state index in [1.165, 1.54) is 23.0 Å². The predicted octanol–water partition coefficient (Wildman–Crippen LogP) is 3.99. The summed E-state index contributed by atoms with van der Waals surface area (Å²) in [6.07, 6.45) is -2.15. The van der Waals surface area contributed by atoms with Crippen LogP contribution in [-0.2, 0) is 11.0 Å². The maximum absolute atomic E-state index is 13.0. The summed E-state index contributed by atoms with van der Waals surface area (Å²) in [7, 11) is 0. The van der Waals surface area contributed by atoms with Crippen molar-refractivity contribution < 1.29 is 27.3 Å². The van der Waals surface area contributed by atoms with Gasteiger partial charge in [0.1, 0.15) is 5.76 Å². The van der Waals surface area contributed by atoms with Crippen molar-refractivity contribution in [3.05, 3.63) is 59.1 Å². The molecule has 3 heterocycles. The molecule has 0 bridgehead atoms. The first kappa shape index (κ1) is 22.6. The third-order valence-electron chi connectivity index (χ3n) is 5.69. The summed E-state index contributed by atoms with van der Waals surface area (Å²) < 4.78 is 45.4. The van der Waals surface area contributed by atoms with Gasteiger partial charge in [-0.25, -0.2) is 4.68 Å². The molecule has 1 aliphatic heterocycles. The predicted molar refractivity (Wildman–Crippen MR) is 112 cm³/mol. The lowest BCUT2D eigenvalue weighted by atomic mass is 9.95.